The molecule has 1 N–H and O–H groups in total. The Morgan fingerprint density at radius 1 is 1.39 bits per heavy atom. The summed E-state index contributed by atoms with van der Waals surface area (Å²) in [4.78, 5) is 0. The first kappa shape index (κ1) is 16.5. The van der Waals surface area contributed by atoms with Gasteiger partial charge in [-0.05, 0) is 43.2 Å². The lowest BCUT2D eigenvalue weighted by atomic mass is 9.89. The van der Waals surface area contributed by atoms with Crippen LogP contribution < -0.4 is 5.32 Å². The van der Waals surface area contributed by atoms with Crippen LogP contribution in [0.4, 0.5) is 18.9 Å². The highest BCUT2D eigenvalue weighted by Gasteiger charge is 2.41. The summed E-state index contributed by atoms with van der Waals surface area (Å²) in [6.07, 6.45) is -2.13. The van der Waals surface area contributed by atoms with Crippen LogP contribution in [0.5, 0.6) is 0 Å². The monoisotopic (exact) mass is 342 g/mol. The van der Waals surface area contributed by atoms with Crippen LogP contribution in [0.3, 0.4) is 0 Å². The standard InChI is InChI=1S/C16H17F3N2OS/c17-16(18,19)13-2-1-11(9-20)7-14(13)21-12-3-5-22-15(8-12)4-6-23-10-15/h1-2,7,12,21H,3-6,8,10H2/t12-,15-/m1/s1. The third kappa shape index (κ3) is 3.59. The van der Waals surface area contributed by atoms with Gasteiger partial charge in [0.2, 0.25) is 0 Å². The van der Waals surface area contributed by atoms with E-state index in [9.17, 15) is 13.2 Å². The van der Waals surface area contributed by atoms with E-state index in [0.717, 1.165) is 24.0 Å². The molecule has 0 aliphatic carbocycles. The van der Waals surface area contributed by atoms with E-state index >= 15 is 0 Å². The normalized spacial score (nSPS) is 27.8. The van der Waals surface area contributed by atoms with Gasteiger partial charge in [-0.1, -0.05) is 0 Å². The van der Waals surface area contributed by atoms with Crippen LogP contribution >= 0.6 is 11.8 Å². The predicted octanol–water partition coefficient (Wildman–Crippen LogP) is 4.04. The molecule has 124 valence electrons. The van der Waals surface area contributed by atoms with Crippen LogP contribution in [0.2, 0.25) is 0 Å². The molecule has 1 spiro atoms. The minimum atomic E-state index is -4.44. The Balaban J connectivity index is 1.82. The summed E-state index contributed by atoms with van der Waals surface area (Å²) in [5.74, 6) is 1.93. The van der Waals surface area contributed by atoms with Crippen LogP contribution in [0.15, 0.2) is 18.2 Å². The second kappa shape index (κ2) is 6.25. The summed E-state index contributed by atoms with van der Waals surface area (Å²) in [5.41, 5.74) is -0.716. The summed E-state index contributed by atoms with van der Waals surface area (Å²) >= 11 is 1.83. The summed E-state index contributed by atoms with van der Waals surface area (Å²) in [5, 5.41) is 12.0. The molecule has 2 fully saturated rings. The number of hydrogen-bond donors (Lipinski definition) is 1. The number of rotatable bonds is 2. The van der Waals surface area contributed by atoms with E-state index in [2.05, 4.69) is 5.32 Å². The van der Waals surface area contributed by atoms with Gasteiger partial charge in [0.05, 0.1) is 22.8 Å². The number of thioether (sulfide) groups is 1. The molecule has 0 aromatic heterocycles. The molecule has 0 amide bonds. The zero-order chi connectivity index (χ0) is 16.5. The highest BCUT2D eigenvalue weighted by Crippen LogP contribution is 2.40. The summed E-state index contributed by atoms with van der Waals surface area (Å²) in [6.45, 7) is 0.553. The largest absolute Gasteiger partial charge is 0.418 e. The highest BCUT2D eigenvalue weighted by molar-refractivity contribution is 7.99. The van der Waals surface area contributed by atoms with E-state index in [1.54, 1.807) is 0 Å². The molecule has 2 aliphatic heterocycles. The first-order valence-corrected chi connectivity index (χ1v) is 8.67. The first-order valence-electron chi connectivity index (χ1n) is 7.51. The molecule has 0 radical (unpaired) electrons. The third-order valence-electron chi connectivity index (χ3n) is 4.37. The molecular formula is C16H17F3N2OS. The molecule has 2 atom stereocenters. The molecule has 3 rings (SSSR count). The Kier molecular flexibility index (Phi) is 4.47. The molecule has 1 aromatic rings. The van der Waals surface area contributed by atoms with Crippen LogP contribution in [0, 0.1) is 11.3 Å². The van der Waals surface area contributed by atoms with Crippen molar-refractivity contribution in [3.63, 3.8) is 0 Å². The van der Waals surface area contributed by atoms with Gasteiger partial charge in [0.25, 0.3) is 0 Å². The lowest BCUT2D eigenvalue weighted by Gasteiger charge is -2.38. The Hall–Kier alpha value is -1.39. The van der Waals surface area contributed by atoms with Crippen LogP contribution in [-0.2, 0) is 10.9 Å². The Morgan fingerprint density at radius 3 is 2.87 bits per heavy atom. The molecular weight excluding hydrogens is 325 g/mol. The molecule has 2 heterocycles. The maximum absolute atomic E-state index is 13.2. The van der Waals surface area contributed by atoms with Crippen molar-refractivity contribution in [1.29, 1.82) is 5.26 Å². The zero-order valence-electron chi connectivity index (χ0n) is 12.4. The van der Waals surface area contributed by atoms with Crippen molar-refractivity contribution in [3.8, 4) is 6.07 Å². The van der Waals surface area contributed by atoms with Gasteiger partial charge >= 0.3 is 6.18 Å². The summed E-state index contributed by atoms with van der Waals surface area (Å²) in [6, 6.07) is 5.29. The number of anilines is 1. The molecule has 23 heavy (non-hydrogen) atoms. The van der Waals surface area contributed by atoms with E-state index in [0.29, 0.717) is 19.4 Å². The summed E-state index contributed by atoms with van der Waals surface area (Å²) < 4.78 is 45.4. The summed E-state index contributed by atoms with van der Waals surface area (Å²) in [7, 11) is 0. The molecule has 7 heteroatoms. The second-order valence-corrected chi connectivity index (χ2v) is 7.14. The van der Waals surface area contributed by atoms with E-state index in [-0.39, 0.29) is 22.9 Å². The molecule has 1 aromatic carbocycles. The van der Waals surface area contributed by atoms with Gasteiger partial charge in [-0.3, -0.25) is 0 Å². The fourth-order valence-electron chi connectivity index (χ4n) is 3.21. The highest BCUT2D eigenvalue weighted by atomic mass is 32.2. The second-order valence-electron chi connectivity index (χ2n) is 6.04. The van der Waals surface area contributed by atoms with E-state index in [1.807, 2.05) is 17.8 Å². The average molecular weight is 342 g/mol. The number of nitrogens with one attached hydrogen (secondary N) is 1. The van der Waals surface area contributed by atoms with Gasteiger partial charge < -0.3 is 10.1 Å². The van der Waals surface area contributed by atoms with Crippen LogP contribution in [0.1, 0.15) is 30.4 Å². The lowest BCUT2D eigenvalue weighted by molar-refractivity contribution is -0.137. The quantitative estimate of drug-likeness (QED) is 0.881. The van der Waals surface area contributed by atoms with Crippen LogP contribution in [0.25, 0.3) is 0 Å². The SMILES string of the molecule is N#Cc1ccc(C(F)(F)F)c(N[C@@H]2CCO[C@]3(CCSC3)C2)c1. The maximum atomic E-state index is 13.2. The number of nitriles is 1. The number of benzene rings is 1. The average Bonchev–Trinajstić information content (AvgIpc) is 2.93. The third-order valence-corrected chi connectivity index (χ3v) is 5.60. The van der Waals surface area contributed by atoms with Crippen molar-refractivity contribution in [1.82, 2.24) is 0 Å². The smallest absolute Gasteiger partial charge is 0.382 e. The van der Waals surface area contributed by atoms with Crippen molar-refractivity contribution >= 4 is 17.4 Å². The fraction of sp³-hybridized carbons (Fsp3) is 0.562. The number of hydrogen-bond acceptors (Lipinski definition) is 4. The minimum Gasteiger partial charge on any atom is -0.382 e. The molecule has 2 aliphatic rings. The predicted molar refractivity (Wildman–Crippen MR) is 83.4 cm³/mol. The molecule has 3 nitrogen and oxygen atoms in total. The van der Waals surface area contributed by atoms with E-state index in [4.69, 9.17) is 10.00 Å². The van der Waals surface area contributed by atoms with Crippen molar-refractivity contribution < 1.29 is 17.9 Å². The Morgan fingerprint density at radius 2 is 2.22 bits per heavy atom. The number of nitrogens with zero attached hydrogens (tertiary/aromatic N) is 1. The van der Waals surface area contributed by atoms with Gasteiger partial charge in [-0.15, -0.1) is 0 Å². The lowest BCUT2D eigenvalue weighted by Crippen LogP contribution is -2.44. The van der Waals surface area contributed by atoms with Crippen molar-refractivity contribution in [2.45, 2.75) is 37.1 Å². The Bertz CT molecular complexity index is 621. The van der Waals surface area contributed by atoms with Gasteiger partial charge in [-0.2, -0.15) is 30.2 Å². The van der Waals surface area contributed by atoms with Crippen molar-refractivity contribution in [2.75, 3.05) is 23.4 Å². The number of alkyl halides is 3. The van der Waals surface area contributed by atoms with Gasteiger partial charge in [0.1, 0.15) is 0 Å². The van der Waals surface area contributed by atoms with Gasteiger partial charge in [0.15, 0.2) is 0 Å². The van der Waals surface area contributed by atoms with Crippen molar-refractivity contribution in [3.05, 3.63) is 29.3 Å². The molecule has 2 saturated heterocycles. The van der Waals surface area contributed by atoms with Crippen LogP contribution in [-0.4, -0.2) is 29.8 Å². The Labute approximate surface area is 137 Å². The topological polar surface area (TPSA) is 45.0 Å². The van der Waals surface area contributed by atoms with E-state index in [1.165, 1.54) is 12.1 Å². The van der Waals surface area contributed by atoms with Gasteiger partial charge in [-0.25, -0.2) is 0 Å². The maximum Gasteiger partial charge on any atom is 0.418 e. The minimum absolute atomic E-state index is 0.00995. The van der Waals surface area contributed by atoms with Crippen molar-refractivity contribution in [2.24, 2.45) is 0 Å². The fourth-order valence-corrected chi connectivity index (χ4v) is 4.59. The first-order chi connectivity index (χ1) is 10.9. The molecule has 0 unspecified atom stereocenters. The molecule has 0 bridgehead atoms. The van der Waals surface area contributed by atoms with E-state index < -0.39 is 11.7 Å². The molecule has 0 saturated carbocycles. The number of ether oxygens (including phenoxy) is 1. The van der Waals surface area contributed by atoms with Gasteiger partial charge in [0, 0.05) is 24.1 Å². The zero-order valence-corrected chi connectivity index (χ0v) is 13.3. The number of halogens is 3.